The van der Waals surface area contributed by atoms with Gasteiger partial charge in [0.1, 0.15) is 63.1 Å². The Morgan fingerprint density at radius 1 is 0.462 bits per heavy atom. The van der Waals surface area contributed by atoms with Gasteiger partial charge in [0.2, 0.25) is 29.5 Å². The molecule has 0 aromatic heterocycles. The van der Waals surface area contributed by atoms with Crippen LogP contribution in [0.3, 0.4) is 0 Å². The molecule has 4 atom stereocenters. The number of hydrogen-bond acceptors (Lipinski definition) is 17. The van der Waals surface area contributed by atoms with E-state index in [-0.39, 0.29) is 61.1 Å². The average Bonchev–Trinajstić information content (AvgIpc) is 1.41. The normalized spacial score (nSPS) is 27.0. The molecule has 2 aromatic rings. The van der Waals surface area contributed by atoms with Crippen LogP contribution in [-0.4, -0.2) is 181 Å². The first-order valence-corrected chi connectivity index (χ1v) is 37.8. The van der Waals surface area contributed by atoms with Gasteiger partial charge in [-0.2, -0.15) is 0 Å². The number of aliphatic carboxylic acids is 2. The second kappa shape index (κ2) is 36.6. The van der Waals surface area contributed by atoms with Crippen LogP contribution in [0, 0.1) is 0 Å². The first-order valence-electron chi connectivity index (χ1n) is 37.8. The summed E-state index contributed by atoms with van der Waals surface area (Å²) in [4.78, 5) is 139. The zero-order valence-corrected chi connectivity index (χ0v) is 63.0. The first-order chi connectivity index (χ1) is 49.0. The van der Waals surface area contributed by atoms with E-state index in [1.807, 2.05) is 91.2 Å². The number of alkyl carbamates (subject to hydrolysis) is 2. The monoisotopic (exact) mass is 1470 g/mol. The van der Waals surface area contributed by atoms with Gasteiger partial charge in [-0.05, 0) is 161 Å². The topological polar surface area (TPSA) is 361 Å². The number of carbonyl (C=O) groups excluding carboxylic acids is 9. The fourth-order valence-corrected chi connectivity index (χ4v) is 17.0. The summed E-state index contributed by atoms with van der Waals surface area (Å²) in [5.74, 6) is -2.10. The van der Waals surface area contributed by atoms with Crippen molar-refractivity contribution >= 4 is 78.0 Å². The molecule has 2 aromatic carbocycles. The lowest BCUT2D eigenvalue weighted by Gasteiger charge is -2.49. The van der Waals surface area contributed by atoms with Crippen molar-refractivity contribution in [3.63, 3.8) is 0 Å². The zero-order valence-electron chi connectivity index (χ0n) is 62.2. The van der Waals surface area contributed by atoms with Crippen LogP contribution in [-0.2, 0) is 75.3 Å². The highest BCUT2D eigenvalue weighted by molar-refractivity contribution is 6.04. The Kier molecular flexibility index (Phi) is 29.5. The minimum atomic E-state index is -1.16. The fourth-order valence-electron chi connectivity index (χ4n) is 17.0. The molecule has 6 saturated heterocycles. The van der Waals surface area contributed by atoms with E-state index in [1.165, 1.54) is 27.1 Å². The maximum atomic E-state index is 13.6. The number of amides is 7. The lowest BCUT2D eigenvalue weighted by Crippen LogP contribution is -2.73. The van der Waals surface area contributed by atoms with E-state index in [4.69, 9.17) is 25.1 Å². The highest BCUT2D eigenvalue weighted by Crippen LogP contribution is 2.43. The van der Waals surface area contributed by atoms with Gasteiger partial charge in [-0.25, -0.2) is 19.2 Å². The number of hydrogen-bond donors (Lipinski definition) is 8. The second-order valence-electron chi connectivity index (χ2n) is 31.0. The van der Waals surface area contributed by atoms with Crippen LogP contribution in [0.15, 0.2) is 60.7 Å². The summed E-state index contributed by atoms with van der Waals surface area (Å²) in [5, 5.41) is 32.7. The van der Waals surface area contributed by atoms with Gasteiger partial charge in [0, 0.05) is 19.6 Å². The van der Waals surface area contributed by atoms with Gasteiger partial charge in [-0.3, -0.25) is 33.6 Å². The molecule has 13 rings (SSSR count). The van der Waals surface area contributed by atoms with Gasteiger partial charge in [-0.15, -0.1) is 12.4 Å². The molecule has 26 nitrogen and oxygen atoms in total. The number of methoxy groups -OCH3 is 2. The number of nitrogens with one attached hydrogen (secondary N) is 5. The van der Waals surface area contributed by atoms with Crippen LogP contribution in [0.25, 0.3) is 0 Å². The second-order valence-corrected chi connectivity index (χ2v) is 31.0. The number of benzene rings is 2. The van der Waals surface area contributed by atoms with E-state index < -0.39 is 79.9 Å². The van der Waals surface area contributed by atoms with Gasteiger partial charge >= 0.3 is 36.1 Å². The van der Waals surface area contributed by atoms with Gasteiger partial charge in [0.15, 0.2) is 0 Å². The van der Waals surface area contributed by atoms with Crippen molar-refractivity contribution in [3.8, 4) is 0 Å². The summed E-state index contributed by atoms with van der Waals surface area (Å²) in [6.07, 6.45) is 27.0. The van der Waals surface area contributed by atoms with Gasteiger partial charge < -0.3 is 76.2 Å². The van der Waals surface area contributed by atoms with Crippen molar-refractivity contribution in [2.24, 2.45) is 5.73 Å². The highest BCUT2D eigenvalue weighted by Gasteiger charge is 2.60. The lowest BCUT2D eigenvalue weighted by molar-refractivity contribution is -0.161. The number of carbonyl (C=O) groups is 11. The lowest BCUT2D eigenvalue weighted by atomic mass is 9.77. The largest absolute Gasteiger partial charge is 0.480 e. The minimum absolute atomic E-state index is 0. The first kappa shape index (κ1) is 83.7. The van der Waals surface area contributed by atoms with Crippen molar-refractivity contribution in [2.75, 3.05) is 40.4 Å². The van der Waals surface area contributed by atoms with Crippen LogP contribution < -0.4 is 32.3 Å². The summed E-state index contributed by atoms with van der Waals surface area (Å²) in [7, 11) is 2.76. The number of nitrogens with two attached hydrogens (primary N) is 1. The molecule has 6 heterocycles. The molecule has 578 valence electrons. The molecule has 2 spiro atoms. The van der Waals surface area contributed by atoms with Gasteiger partial charge in [0.05, 0.1) is 14.2 Å². The molecular formula is C77H116ClN9O17. The minimum Gasteiger partial charge on any atom is -0.480 e. The zero-order chi connectivity index (χ0) is 74.7. The third kappa shape index (κ3) is 19.3. The maximum Gasteiger partial charge on any atom is 0.408 e. The number of fused-ring (bicyclic) bond motifs is 2. The Hall–Kier alpha value is -7.58. The Morgan fingerprint density at radius 2 is 0.846 bits per heavy atom. The number of ether oxygens (including phenoxy) is 4. The van der Waals surface area contributed by atoms with E-state index in [9.17, 15) is 57.8 Å². The third-order valence-electron chi connectivity index (χ3n) is 23.7. The smallest absolute Gasteiger partial charge is 0.408 e. The summed E-state index contributed by atoms with van der Waals surface area (Å²) in [5.41, 5.74) is 0.597. The number of carboxylic acids is 2. The van der Waals surface area contributed by atoms with Crippen LogP contribution >= 0.6 is 12.4 Å². The average molecular weight is 1480 g/mol. The molecular weight excluding hydrogens is 1360 g/mol. The van der Waals surface area contributed by atoms with Crippen LogP contribution in [0.4, 0.5) is 9.59 Å². The Morgan fingerprint density at radius 3 is 1.22 bits per heavy atom. The number of carboxylic acid groups (broad SMARTS) is 2. The number of piperazine rings is 2. The third-order valence-corrected chi connectivity index (χ3v) is 23.7. The molecule has 5 saturated carbocycles. The molecule has 7 amide bonds. The van der Waals surface area contributed by atoms with E-state index in [0.29, 0.717) is 51.5 Å². The van der Waals surface area contributed by atoms with Crippen molar-refractivity contribution in [3.05, 3.63) is 71.8 Å². The standard InChI is InChI=1S/C22H30N2O5.C15H19NO4.2C13H20N2O2.2C7H13NO2.ClH/c1-21(19(26)28-2)12-9-15-24(21)18(25)22(13-7-4-8-14-22)23-20(27)29-16-17-10-5-3-6-11-17;17-13(18)15(9-5-2-6-10-15)16-14(19)20-11-12-7-3-1-4-8-12;2*1-12-6-5-9-15(12)11(17)13(14-10(12)16)7-3-2-4-8-13;1-7(6(9)10-2)4-3-5-8-7;8-7(6(9)10)4-2-1-3-5-7;/h3,5-6,10-11H,4,7-9,12-16H2,1-2H3,(H,23,27);1,3-4,7-8H,2,5-6,9-11H2,(H,16,19)(H,17,18);2*2-9H2,1H3,(H,14,16);8H,3-5H2,1-2H3;1-5,8H2,(H,9,10);1H/t21-;;2*12-;7-;;/m0.000../s1. The predicted octanol–water partition coefficient (Wildman–Crippen LogP) is 9.73. The van der Waals surface area contributed by atoms with E-state index in [0.717, 1.165) is 185 Å². The van der Waals surface area contributed by atoms with Crippen LogP contribution in [0.5, 0.6) is 0 Å². The molecule has 5 aliphatic carbocycles. The number of esters is 2. The van der Waals surface area contributed by atoms with Crippen LogP contribution in [0.1, 0.15) is 251 Å². The Balaban J connectivity index is 0.000000181. The number of halogens is 1. The molecule has 0 radical (unpaired) electrons. The van der Waals surface area contributed by atoms with Crippen molar-refractivity contribution in [1.82, 2.24) is 41.3 Å². The quantitative estimate of drug-likeness (QED) is 0.0766. The van der Waals surface area contributed by atoms with Crippen LogP contribution in [0.2, 0.25) is 0 Å². The fraction of sp³-hybridized carbons (Fsp3) is 0.701. The van der Waals surface area contributed by atoms with E-state index in [2.05, 4.69) is 31.3 Å². The Bertz CT molecular complexity index is 3220. The molecule has 6 aliphatic heterocycles. The summed E-state index contributed by atoms with van der Waals surface area (Å²) < 4.78 is 20.1. The van der Waals surface area contributed by atoms with E-state index in [1.54, 1.807) is 11.8 Å². The number of rotatable bonds is 11. The van der Waals surface area contributed by atoms with Crippen molar-refractivity contribution < 1.29 is 81.9 Å². The predicted molar refractivity (Wildman–Crippen MR) is 389 cm³/mol. The molecule has 104 heavy (non-hydrogen) atoms. The van der Waals surface area contributed by atoms with Gasteiger partial charge in [0.25, 0.3) is 0 Å². The maximum absolute atomic E-state index is 13.6. The van der Waals surface area contributed by atoms with E-state index >= 15 is 0 Å². The SMILES string of the molecule is COC(=O)[C@]1(C)CCCN1.COC(=O)[C@]1(C)CCCN1C(=O)C1(NC(=O)OCc2ccccc2)CCCCC1.C[C@@]12CCCN1C(=O)C1(CCCCC1)NC2=O.C[C@@]12CCCN1C(=O)C1(CCCCC1)NC2=O.Cl.NC1(C(=O)O)CCCCC1.O=C(NC1(C(=O)O)CCCCC1)OCc1ccccc1. The molecule has 11 aliphatic rings. The molecule has 0 unspecified atom stereocenters. The Labute approximate surface area is 619 Å². The van der Waals surface area contributed by atoms with Crippen molar-refractivity contribution in [2.45, 2.75) is 303 Å². The van der Waals surface area contributed by atoms with Crippen molar-refractivity contribution in [1.29, 1.82) is 0 Å². The summed E-state index contributed by atoms with van der Waals surface area (Å²) in [6, 6.07) is 18.7. The molecule has 9 N–H and O–H groups in total. The summed E-state index contributed by atoms with van der Waals surface area (Å²) >= 11 is 0. The summed E-state index contributed by atoms with van der Waals surface area (Å²) in [6.45, 7) is 10.6. The molecule has 0 bridgehead atoms. The highest BCUT2D eigenvalue weighted by atomic mass is 35.5. The van der Waals surface area contributed by atoms with Gasteiger partial charge in [-0.1, -0.05) is 157 Å². The molecule has 27 heteroatoms. The molecule has 11 fully saturated rings. The number of nitrogens with zero attached hydrogens (tertiary/aromatic N) is 3. The number of likely N-dealkylation sites (tertiary alicyclic amines) is 1.